The van der Waals surface area contributed by atoms with E-state index in [0.29, 0.717) is 29.9 Å². The van der Waals surface area contributed by atoms with Crippen LogP contribution >= 0.6 is 11.6 Å². The molecule has 8 heteroatoms. The number of aromatic nitrogens is 5. The predicted octanol–water partition coefficient (Wildman–Crippen LogP) is 4.27. The summed E-state index contributed by atoms with van der Waals surface area (Å²) in [5, 5.41) is 5.11. The standard InChI is InChI=1S/C23H19ClN6O/c1-14-6-5-7-15-12-17(30(22(31)18(14)15)16-8-3-2-4-9-16)10-11-25-20-19-21(27-13-26-19)29-23(24)28-20/h2-9,12-13H,10-11H2,1H3,(H2,25,26,27,28,29). The Balaban J connectivity index is 1.54. The molecule has 3 aromatic heterocycles. The topological polar surface area (TPSA) is 88.5 Å². The number of hydrogen-bond donors (Lipinski definition) is 2. The van der Waals surface area contributed by atoms with Gasteiger partial charge in [-0.1, -0.05) is 36.4 Å². The molecule has 0 radical (unpaired) electrons. The van der Waals surface area contributed by atoms with Gasteiger partial charge in [0.2, 0.25) is 5.28 Å². The lowest BCUT2D eigenvalue weighted by molar-refractivity contribution is 0.858. The van der Waals surface area contributed by atoms with E-state index in [1.807, 2.05) is 55.5 Å². The maximum atomic E-state index is 13.5. The molecule has 0 aliphatic carbocycles. The Labute approximate surface area is 182 Å². The average Bonchev–Trinajstić information content (AvgIpc) is 3.23. The van der Waals surface area contributed by atoms with Crippen molar-refractivity contribution in [3.05, 3.63) is 87.8 Å². The number of nitrogens with one attached hydrogen (secondary N) is 2. The maximum absolute atomic E-state index is 13.5. The summed E-state index contributed by atoms with van der Waals surface area (Å²) < 4.78 is 1.79. The number of benzene rings is 2. The number of halogens is 1. The van der Waals surface area contributed by atoms with Gasteiger partial charge < -0.3 is 10.3 Å². The molecule has 0 saturated carbocycles. The van der Waals surface area contributed by atoms with Crippen molar-refractivity contribution in [1.29, 1.82) is 0 Å². The molecule has 2 aromatic carbocycles. The monoisotopic (exact) mass is 430 g/mol. The lowest BCUT2D eigenvalue weighted by atomic mass is 10.0. The second-order valence-electron chi connectivity index (χ2n) is 7.27. The second-order valence-corrected chi connectivity index (χ2v) is 7.61. The molecule has 0 aliphatic heterocycles. The van der Waals surface area contributed by atoms with Gasteiger partial charge in [-0.05, 0) is 47.7 Å². The van der Waals surface area contributed by atoms with Gasteiger partial charge in [0.1, 0.15) is 5.52 Å². The normalized spacial score (nSPS) is 11.3. The van der Waals surface area contributed by atoms with E-state index in [1.54, 1.807) is 10.9 Å². The molecule has 5 rings (SSSR count). The Morgan fingerprint density at radius 3 is 2.77 bits per heavy atom. The van der Waals surface area contributed by atoms with Crippen LogP contribution in [0.4, 0.5) is 5.82 Å². The third-order valence-electron chi connectivity index (χ3n) is 5.28. The summed E-state index contributed by atoms with van der Waals surface area (Å²) in [6.45, 7) is 2.51. The number of para-hydroxylation sites is 1. The molecule has 154 valence electrons. The summed E-state index contributed by atoms with van der Waals surface area (Å²) in [4.78, 5) is 29.0. The van der Waals surface area contributed by atoms with Crippen LogP contribution in [0, 0.1) is 6.92 Å². The minimum Gasteiger partial charge on any atom is -0.368 e. The fourth-order valence-corrected chi connectivity index (χ4v) is 4.04. The first kappa shape index (κ1) is 19.3. The Hall–Kier alpha value is -3.71. The van der Waals surface area contributed by atoms with Crippen LogP contribution in [0.2, 0.25) is 5.28 Å². The fourth-order valence-electron chi connectivity index (χ4n) is 3.88. The zero-order valence-electron chi connectivity index (χ0n) is 16.8. The van der Waals surface area contributed by atoms with Crippen molar-refractivity contribution in [2.45, 2.75) is 13.3 Å². The van der Waals surface area contributed by atoms with Gasteiger partial charge in [-0.3, -0.25) is 9.36 Å². The third kappa shape index (κ3) is 3.53. The largest absolute Gasteiger partial charge is 0.368 e. The van der Waals surface area contributed by atoms with Crippen molar-refractivity contribution in [3.8, 4) is 5.69 Å². The molecule has 7 nitrogen and oxygen atoms in total. The number of fused-ring (bicyclic) bond motifs is 2. The van der Waals surface area contributed by atoms with Gasteiger partial charge in [-0.25, -0.2) is 4.98 Å². The van der Waals surface area contributed by atoms with Crippen molar-refractivity contribution in [1.82, 2.24) is 24.5 Å². The molecule has 0 fully saturated rings. The molecular formula is C23H19ClN6O. The smallest absolute Gasteiger partial charge is 0.263 e. The molecule has 0 unspecified atom stereocenters. The molecule has 3 heterocycles. The maximum Gasteiger partial charge on any atom is 0.263 e. The number of aryl methyl sites for hydroxylation is 1. The van der Waals surface area contributed by atoms with Crippen LogP contribution in [-0.4, -0.2) is 31.0 Å². The summed E-state index contributed by atoms with van der Waals surface area (Å²) in [6.07, 6.45) is 2.16. The molecule has 0 saturated heterocycles. The zero-order valence-corrected chi connectivity index (χ0v) is 17.5. The van der Waals surface area contributed by atoms with E-state index in [0.717, 1.165) is 27.7 Å². The molecular weight excluding hydrogens is 412 g/mol. The number of nitrogens with zero attached hydrogens (tertiary/aromatic N) is 4. The molecule has 2 N–H and O–H groups in total. The van der Waals surface area contributed by atoms with Crippen molar-refractivity contribution in [3.63, 3.8) is 0 Å². The van der Waals surface area contributed by atoms with E-state index in [1.165, 1.54) is 0 Å². The number of hydrogen-bond acceptors (Lipinski definition) is 5. The zero-order chi connectivity index (χ0) is 21.4. The highest BCUT2D eigenvalue weighted by molar-refractivity contribution is 6.28. The highest BCUT2D eigenvalue weighted by Crippen LogP contribution is 2.21. The average molecular weight is 431 g/mol. The summed E-state index contributed by atoms with van der Waals surface area (Å²) in [5.41, 5.74) is 3.90. The van der Waals surface area contributed by atoms with Crippen LogP contribution in [0.5, 0.6) is 0 Å². The number of rotatable bonds is 5. The number of aromatic amines is 1. The summed E-state index contributed by atoms with van der Waals surface area (Å²) in [5.74, 6) is 0.581. The number of pyridine rings is 1. The van der Waals surface area contributed by atoms with E-state index < -0.39 is 0 Å². The lowest BCUT2D eigenvalue weighted by Gasteiger charge is -2.16. The second kappa shape index (κ2) is 7.85. The summed E-state index contributed by atoms with van der Waals surface area (Å²) in [6, 6.07) is 17.7. The highest BCUT2D eigenvalue weighted by Gasteiger charge is 2.13. The minimum absolute atomic E-state index is 0.0159. The van der Waals surface area contributed by atoms with E-state index >= 15 is 0 Å². The molecule has 0 bridgehead atoms. The first-order valence-corrected chi connectivity index (χ1v) is 10.3. The van der Waals surface area contributed by atoms with E-state index in [2.05, 4.69) is 31.3 Å². The molecule has 0 aliphatic rings. The van der Waals surface area contributed by atoms with Crippen molar-refractivity contribution >= 4 is 39.4 Å². The van der Waals surface area contributed by atoms with Crippen LogP contribution in [0.15, 0.2) is 65.7 Å². The van der Waals surface area contributed by atoms with Crippen LogP contribution in [0.3, 0.4) is 0 Å². The van der Waals surface area contributed by atoms with E-state index in [4.69, 9.17) is 11.6 Å². The Morgan fingerprint density at radius 2 is 1.94 bits per heavy atom. The van der Waals surface area contributed by atoms with Gasteiger partial charge in [-0.15, -0.1) is 0 Å². The van der Waals surface area contributed by atoms with Crippen molar-refractivity contribution < 1.29 is 0 Å². The summed E-state index contributed by atoms with van der Waals surface area (Å²) >= 11 is 6.02. The molecule has 0 atom stereocenters. The van der Waals surface area contributed by atoms with Crippen molar-refractivity contribution in [2.75, 3.05) is 11.9 Å². The Bertz CT molecular complexity index is 1460. The number of H-pyrrole nitrogens is 1. The lowest BCUT2D eigenvalue weighted by Crippen LogP contribution is -2.24. The highest BCUT2D eigenvalue weighted by atomic mass is 35.5. The van der Waals surface area contributed by atoms with Crippen molar-refractivity contribution in [2.24, 2.45) is 0 Å². The van der Waals surface area contributed by atoms with Gasteiger partial charge in [-0.2, -0.15) is 9.97 Å². The SMILES string of the molecule is Cc1cccc2cc(CCNc3nc(Cl)nc4nc[nH]c34)n(-c3ccccc3)c(=O)c12. The molecule has 31 heavy (non-hydrogen) atoms. The van der Waals surface area contributed by atoms with Gasteiger partial charge in [0.15, 0.2) is 11.5 Å². The Kier molecular flexibility index (Phi) is 4.88. The number of anilines is 1. The first-order valence-electron chi connectivity index (χ1n) is 9.92. The Morgan fingerprint density at radius 1 is 1.10 bits per heavy atom. The molecule has 0 spiro atoms. The van der Waals surface area contributed by atoms with E-state index in [-0.39, 0.29) is 10.8 Å². The van der Waals surface area contributed by atoms with Crippen LogP contribution in [0.25, 0.3) is 27.6 Å². The van der Waals surface area contributed by atoms with Gasteiger partial charge in [0.25, 0.3) is 5.56 Å². The summed E-state index contributed by atoms with van der Waals surface area (Å²) in [7, 11) is 0. The fraction of sp³-hybridized carbons (Fsp3) is 0.130. The van der Waals surface area contributed by atoms with Gasteiger partial charge in [0, 0.05) is 24.3 Å². The molecule has 5 aromatic rings. The van der Waals surface area contributed by atoms with Crippen LogP contribution in [0.1, 0.15) is 11.3 Å². The van der Waals surface area contributed by atoms with Crippen LogP contribution < -0.4 is 10.9 Å². The first-order chi connectivity index (χ1) is 15.1. The minimum atomic E-state index is -0.0159. The van der Waals surface area contributed by atoms with Crippen LogP contribution in [-0.2, 0) is 6.42 Å². The molecule has 0 amide bonds. The number of imidazole rings is 1. The van der Waals surface area contributed by atoms with E-state index in [9.17, 15) is 4.79 Å². The van der Waals surface area contributed by atoms with Gasteiger partial charge >= 0.3 is 0 Å². The quantitative estimate of drug-likeness (QED) is 0.406. The van der Waals surface area contributed by atoms with Gasteiger partial charge in [0.05, 0.1) is 11.7 Å². The third-order valence-corrected chi connectivity index (χ3v) is 5.45. The predicted molar refractivity (Wildman–Crippen MR) is 123 cm³/mol.